The van der Waals surface area contributed by atoms with Crippen LogP contribution in [0.15, 0.2) is 24.3 Å². The molecule has 2 unspecified atom stereocenters. The molecule has 1 saturated heterocycles. The summed E-state index contributed by atoms with van der Waals surface area (Å²) < 4.78 is 5.33. The van der Waals surface area contributed by atoms with E-state index in [9.17, 15) is 9.59 Å². The predicted molar refractivity (Wildman–Crippen MR) is 86.3 cm³/mol. The van der Waals surface area contributed by atoms with Gasteiger partial charge in [-0.2, -0.15) is 0 Å². The average molecular weight is 315 g/mol. The molecule has 0 bridgehead atoms. The maximum atomic E-state index is 12.8. The first-order valence-corrected chi connectivity index (χ1v) is 7.93. The molecular formula is C18H21NO4. The fraction of sp³-hybridized carbons (Fsp3) is 0.444. The molecule has 1 aliphatic carbocycles. The van der Waals surface area contributed by atoms with Crippen molar-refractivity contribution in [1.82, 2.24) is 4.90 Å². The Bertz CT molecular complexity index is 652. The average Bonchev–Trinajstić information content (AvgIpc) is 2.96. The van der Waals surface area contributed by atoms with Gasteiger partial charge in [-0.1, -0.05) is 18.2 Å². The third kappa shape index (κ3) is 3.29. The lowest BCUT2D eigenvalue weighted by Crippen LogP contribution is -2.37. The van der Waals surface area contributed by atoms with Crippen LogP contribution in [0.3, 0.4) is 0 Å². The first kappa shape index (κ1) is 15.7. The van der Waals surface area contributed by atoms with E-state index in [1.165, 1.54) is 5.56 Å². The molecule has 2 aliphatic rings. The maximum Gasteiger partial charge on any atom is 0.305 e. The molecule has 1 heterocycles. The molecular weight excluding hydrogens is 294 g/mol. The van der Waals surface area contributed by atoms with Crippen molar-refractivity contribution in [2.45, 2.75) is 37.8 Å². The third-order valence-electron chi connectivity index (χ3n) is 4.65. The third-order valence-corrected chi connectivity index (χ3v) is 4.65. The number of carbonyl (C=O) groups is 2. The normalized spacial score (nSPS) is 22.9. The molecule has 0 spiro atoms. The number of likely N-dealkylation sites (tertiary alicyclic amines) is 1. The molecule has 1 aromatic carbocycles. The quantitative estimate of drug-likeness (QED) is 0.926. The van der Waals surface area contributed by atoms with E-state index >= 15 is 0 Å². The SMILES string of the molecule is COC1CC(CC(=O)O)N(C(=O)c2ccc3c(c2)CCC=C3)C1. The number of benzene rings is 1. The lowest BCUT2D eigenvalue weighted by atomic mass is 9.95. The molecule has 2 atom stereocenters. The number of fused-ring (bicyclic) bond motifs is 1. The van der Waals surface area contributed by atoms with Crippen LogP contribution >= 0.6 is 0 Å². The molecule has 5 nitrogen and oxygen atoms in total. The highest BCUT2D eigenvalue weighted by Crippen LogP contribution is 2.26. The Balaban J connectivity index is 1.83. The van der Waals surface area contributed by atoms with Gasteiger partial charge in [-0.15, -0.1) is 0 Å². The summed E-state index contributed by atoms with van der Waals surface area (Å²) in [7, 11) is 1.60. The van der Waals surface area contributed by atoms with Gasteiger partial charge >= 0.3 is 5.97 Å². The van der Waals surface area contributed by atoms with Gasteiger partial charge in [0.1, 0.15) is 0 Å². The van der Waals surface area contributed by atoms with Crippen molar-refractivity contribution in [3.63, 3.8) is 0 Å². The van der Waals surface area contributed by atoms with E-state index in [0.717, 1.165) is 18.4 Å². The van der Waals surface area contributed by atoms with E-state index in [2.05, 4.69) is 12.2 Å². The second kappa shape index (κ2) is 6.54. The number of amides is 1. The largest absolute Gasteiger partial charge is 0.481 e. The summed E-state index contributed by atoms with van der Waals surface area (Å²) in [6, 6.07) is 5.43. The second-order valence-corrected chi connectivity index (χ2v) is 6.16. The number of carbonyl (C=O) groups excluding carboxylic acids is 1. The van der Waals surface area contributed by atoms with E-state index in [-0.39, 0.29) is 24.5 Å². The van der Waals surface area contributed by atoms with Crippen molar-refractivity contribution in [2.75, 3.05) is 13.7 Å². The van der Waals surface area contributed by atoms with Gasteiger partial charge in [0.25, 0.3) is 5.91 Å². The molecule has 1 aromatic rings. The van der Waals surface area contributed by atoms with Crippen molar-refractivity contribution in [1.29, 1.82) is 0 Å². The number of hydrogen-bond acceptors (Lipinski definition) is 3. The Morgan fingerprint density at radius 3 is 2.96 bits per heavy atom. The van der Waals surface area contributed by atoms with Crippen LogP contribution in [0.1, 0.15) is 40.7 Å². The molecule has 1 N–H and O–H groups in total. The Kier molecular flexibility index (Phi) is 4.48. The zero-order valence-electron chi connectivity index (χ0n) is 13.2. The summed E-state index contributed by atoms with van der Waals surface area (Å²) in [5.74, 6) is -0.992. The number of aryl methyl sites for hydroxylation is 1. The van der Waals surface area contributed by atoms with E-state index < -0.39 is 5.97 Å². The molecule has 0 aromatic heterocycles. The predicted octanol–water partition coefficient (Wildman–Crippen LogP) is 2.35. The Morgan fingerprint density at radius 1 is 1.39 bits per heavy atom. The van der Waals surface area contributed by atoms with Crippen LogP contribution in [-0.2, 0) is 16.0 Å². The number of allylic oxidation sites excluding steroid dienone is 1. The first-order chi connectivity index (χ1) is 11.1. The molecule has 1 aliphatic heterocycles. The highest BCUT2D eigenvalue weighted by atomic mass is 16.5. The van der Waals surface area contributed by atoms with Crippen molar-refractivity contribution in [2.24, 2.45) is 0 Å². The van der Waals surface area contributed by atoms with Crippen LogP contribution in [-0.4, -0.2) is 47.7 Å². The number of carboxylic acid groups (broad SMARTS) is 1. The van der Waals surface area contributed by atoms with Gasteiger partial charge in [0, 0.05) is 25.3 Å². The smallest absolute Gasteiger partial charge is 0.305 e. The fourth-order valence-electron chi connectivity index (χ4n) is 3.42. The van der Waals surface area contributed by atoms with E-state index in [1.807, 2.05) is 18.2 Å². The maximum absolute atomic E-state index is 12.8. The van der Waals surface area contributed by atoms with E-state index in [4.69, 9.17) is 9.84 Å². The van der Waals surface area contributed by atoms with Gasteiger partial charge in [-0.25, -0.2) is 0 Å². The summed E-state index contributed by atoms with van der Waals surface area (Å²) in [6.07, 6.45) is 6.58. The van der Waals surface area contributed by atoms with Crippen molar-refractivity contribution < 1.29 is 19.4 Å². The monoisotopic (exact) mass is 315 g/mol. The lowest BCUT2D eigenvalue weighted by Gasteiger charge is -2.24. The van der Waals surface area contributed by atoms with Gasteiger partial charge in [0.2, 0.25) is 0 Å². The number of ether oxygens (including phenoxy) is 1. The molecule has 1 fully saturated rings. The highest BCUT2D eigenvalue weighted by Gasteiger charge is 2.37. The minimum absolute atomic E-state index is 0.0424. The van der Waals surface area contributed by atoms with Crippen molar-refractivity contribution in [3.05, 3.63) is 41.0 Å². The number of hydrogen-bond donors (Lipinski definition) is 1. The number of methoxy groups -OCH3 is 1. The number of aliphatic carboxylic acids is 1. The van der Waals surface area contributed by atoms with E-state index in [1.54, 1.807) is 12.0 Å². The highest BCUT2D eigenvalue weighted by molar-refractivity contribution is 5.95. The van der Waals surface area contributed by atoms with Gasteiger partial charge in [0.05, 0.1) is 12.5 Å². The Morgan fingerprint density at radius 2 is 2.22 bits per heavy atom. The number of rotatable bonds is 4. The number of nitrogens with zero attached hydrogens (tertiary/aromatic N) is 1. The summed E-state index contributed by atoms with van der Waals surface area (Å²) >= 11 is 0. The van der Waals surface area contributed by atoms with Crippen molar-refractivity contribution in [3.8, 4) is 0 Å². The van der Waals surface area contributed by atoms with Crippen LogP contribution < -0.4 is 0 Å². The Hall–Kier alpha value is -2.14. The minimum atomic E-state index is -0.889. The Labute approximate surface area is 135 Å². The molecule has 0 saturated carbocycles. The summed E-state index contributed by atoms with van der Waals surface area (Å²) in [4.78, 5) is 25.6. The summed E-state index contributed by atoms with van der Waals surface area (Å²) in [5, 5.41) is 9.07. The minimum Gasteiger partial charge on any atom is -0.481 e. The standard InChI is InChI=1S/C18H21NO4/c1-23-16-9-15(10-17(20)21)19(11-16)18(22)14-7-6-12-4-2-3-5-13(12)8-14/h2,4,6-8,15-16H,3,5,9-11H2,1H3,(H,20,21). The molecule has 1 amide bonds. The molecule has 3 rings (SSSR count). The summed E-state index contributed by atoms with van der Waals surface area (Å²) in [5.41, 5.74) is 2.97. The zero-order chi connectivity index (χ0) is 16.4. The van der Waals surface area contributed by atoms with Gasteiger partial charge in [-0.3, -0.25) is 9.59 Å². The summed E-state index contributed by atoms with van der Waals surface area (Å²) in [6.45, 7) is 0.449. The second-order valence-electron chi connectivity index (χ2n) is 6.16. The van der Waals surface area contributed by atoms with Crippen LogP contribution in [0.5, 0.6) is 0 Å². The van der Waals surface area contributed by atoms with Crippen molar-refractivity contribution >= 4 is 18.0 Å². The molecule has 0 radical (unpaired) electrons. The topological polar surface area (TPSA) is 66.8 Å². The van der Waals surface area contributed by atoms with Crippen LogP contribution in [0.4, 0.5) is 0 Å². The molecule has 23 heavy (non-hydrogen) atoms. The van der Waals surface area contributed by atoms with Gasteiger partial charge in [-0.05, 0) is 42.5 Å². The zero-order valence-corrected chi connectivity index (χ0v) is 13.2. The fourth-order valence-corrected chi connectivity index (χ4v) is 3.42. The first-order valence-electron chi connectivity index (χ1n) is 7.93. The van der Waals surface area contributed by atoms with Crippen LogP contribution in [0.2, 0.25) is 0 Å². The molecule has 122 valence electrons. The number of carboxylic acids is 1. The molecule has 5 heteroatoms. The van der Waals surface area contributed by atoms with Gasteiger partial charge in [0.15, 0.2) is 0 Å². The van der Waals surface area contributed by atoms with E-state index in [0.29, 0.717) is 18.5 Å². The van der Waals surface area contributed by atoms with Gasteiger partial charge < -0.3 is 14.7 Å². The van der Waals surface area contributed by atoms with Crippen LogP contribution in [0.25, 0.3) is 6.08 Å². The lowest BCUT2D eigenvalue weighted by molar-refractivity contribution is -0.137. The van der Waals surface area contributed by atoms with Crippen LogP contribution in [0, 0.1) is 0 Å².